The molecule has 1 atom stereocenters. The molecule has 1 aromatic rings. The van der Waals surface area contributed by atoms with Gasteiger partial charge in [0.2, 0.25) is 11.8 Å². The molecule has 0 fully saturated rings. The number of esters is 1. The fraction of sp³-hybridized carbons (Fsp3) is 0.545. The first-order valence-electron chi connectivity index (χ1n) is 10.5. The van der Waals surface area contributed by atoms with Crippen LogP contribution in [-0.2, 0) is 23.9 Å². The van der Waals surface area contributed by atoms with Crippen molar-refractivity contribution < 1.29 is 33.8 Å². The van der Waals surface area contributed by atoms with Crippen molar-refractivity contribution in [1.82, 2.24) is 15.5 Å². The molecule has 10 heteroatoms. The lowest BCUT2D eigenvalue weighted by Crippen LogP contribution is -2.48. The number of ether oxygens (including phenoxy) is 2. The molecule has 1 rings (SSSR count). The largest absolute Gasteiger partial charge is 0.508 e. The zero-order valence-electron chi connectivity index (χ0n) is 19.3. The first-order valence-corrected chi connectivity index (χ1v) is 10.5. The van der Waals surface area contributed by atoms with Crippen molar-refractivity contribution in [2.75, 3.05) is 26.2 Å². The fourth-order valence-electron chi connectivity index (χ4n) is 2.81. The molecule has 0 saturated heterocycles. The Balaban J connectivity index is 2.96. The standard InChI is InChI=1S/C22H33N3O7/c1-6-25(17(27)14-24-21(30)32-22(3,4)5)19(15-8-10-16(26)11-9-15)20(29)23-13-12-18(28)31-7-2/h8-11,19,26H,6-7,12-14H2,1-5H3,(H,23,29)(H,24,30). The number of rotatable bonds is 10. The number of benzene rings is 1. The van der Waals surface area contributed by atoms with Crippen LogP contribution in [0.1, 0.15) is 52.6 Å². The Bertz CT molecular complexity index is 788. The highest BCUT2D eigenvalue weighted by molar-refractivity contribution is 5.90. The van der Waals surface area contributed by atoms with Crippen LogP contribution < -0.4 is 10.6 Å². The van der Waals surface area contributed by atoms with Crippen LogP contribution in [0.3, 0.4) is 0 Å². The maximum Gasteiger partial charge on any atom is 0.408 e. The van der Waals surface area contributed by atoms with Gasteiger partial charge < -0.3 is 30.1 Å². The molecule has 0 aliphatic rings. The molecule has 1 unspecified atom stereocenters. The second-order valence-electron chi connectivity index (χ2n) is 7.88. The molecule has 0 aliphatic carbocycles. The van der Waals surface area contributed by atoms with Crippen LogP contribution >= 0.6 is 0 Å². The number of hydrogen-bond donors (Lipinski definition) is 3. The minimum absolute atomic E-state index is 0.0104. The van der Waals surface area contributed by atoms with E-state index in [0.717, 1.165) is 0 Å². The van der Waals surface area contributed by atoms with E-state index in [0.29, 0.717) is 5.56 Å². The van der Waals surface area contributed by atoms with E-state index in [4.69, 9.17) is 9.47 Å². The Labute approximate surface area is 188 Å². The number of nitrogens with zero attached hydrogens (tertiary/aromatic N) is 1. The number of alkyl carbamates (subject to hydrolysis) is 1. The molecular formula is C22H33N3O7. The van der Waals surface area contributed by atoms with Crippen molar-refractivity contribution in [2.24, 2.45) is 0 Å². The van der Waals surface area contributed by atoms with Gasteiger partial charge in [-0.15, -0.1) is 0 Å². The second-order valence-corrected chi connectivity index (χ2v) is 7.88. The van der Waals surface area contributed by atoms with Gasteiger partial charge >= 0.3 is 12.1 Å². The van der Waals surface area contributed by atoms with Gasteiger partial charge in [-0.05, 0) is 52.3 Å². The molecule has 0 spiro atoms. The van der Waals surface area contributed by atoms with Crippen molar-refractivity contribution in [3.05, 3.63) is 29.8 Å². The third-order valence-corrected chi connectivity index (χ3v) is 4.15. The lowest BCUT2D eigenvalue weighted by Gasteiger charge is -2.30. The molecule has 10 nitrogen and oxygen atoms in total. The molecule has 0 heterocycles. The van der Waals surface area contributed by atoms with Gasteiger partial charge in [0.25, 0.3) is 0 Å². The molecule has 1 aromatic carbocycles. The van der Waals surface area contributed by atoms with Gasteiger partial charge in [0.1, 0.15) is 23.9 Å². The first kappa shape index (κ1) is 26.7. The van der Waals surface area contributed by atoms with E-state index in [2.05, 4.69) is 10.6 Å². The monoisotopic (exact) mass is 451 g/mol. The third kappa shape index (κ3) is 9.23. The number of phenolic OH excluding ortho intramolecular Hbond substituents is 1. The molecule has 0 saturated carbocycles. The third-order valence-electron chi connectivity index (χ3n) is 4.15. The van der Waals surface area contributed by atoms with E-state index in [9.17, 15) is 24.3 Å². The number of carbonyl (C=O) groups is 4. The summed E-state index contributed by atoms with van der Waals surface area (Å²) >= 11 is 0. The summed E-state index contributed by atoms with van der Waals surface area (Å²) < 4.78 is 9.97. The molecule has 0 bridgehead atoms. The highest BCUT2D eigenvalue weighted by atomic mass is 16.6. The molecule has 3 amide bonds. The zero-order valence-corrected chi connectivity index (χ0v) is 19.3. The minimum Gasteiger partial charge on any atom is -0.508 e. The summed E-state index contributed by atoms with van der Waals surface area (Å²) in [5.74, 6) is -1.44. The van der Waals surface area contributed by atoms with E-state index in [1.807, 2.05) is 0 Å². The normalized spacial score (nSPS) is 11.8. The van der Waals surface area contributed by atoms with Crippen LogP contribution in [-0.4, -0.2) is 65.7 Å². The van der Waals surface area contributed by atoms with Gasteiger partial charge in [0, 0.05) is 13.1 Å². The van der Waals surface area contributed by atoms with Gasteiger partial charge in [-0.25, -0.2) is 4.79 Å². The minimum atomic E-state index is -1.03. The molecule has 0 aromatic heterocycles. The predicted octanol–water partition coefficient (Wildman–Crippen LogP) is 1.88. The fourth-order valence-corrected chi connectivity index (χ4v) is 2.81. The van der Waals surface area contributed by atoms with Gasteiger partial charge in [0.15, 0.2) is 0 Å². The summed E-state index contributed by atoms with van der Waals surface area (Å²) in [7, 11) is 0. The lowest BCUT2D eigenvalue weighted by atomic mass is 10.0. The number of nitrogens with one attached hydrogen (secondary N) is 2. The topological polar surface area (TPSA) is 134 Å². The van der Waals surface area contributed by atoms with E-state index in [-0.39, 0.29) is 38.4 Å². The van der Waals surface area contributed by atoms with Crippen molar-refractivity contribution in [2.45, 2.75) is 52.7 Å². The zero-order chi connectivity index (χ0) is 24.3. The van der Waals surface area contributed by atoms with Crippen molar-refractivity contribution in [3.8, 4) is 5.75 Å². The Morgan fingerprint density at radius 3 is 2.22 bits per heavy atom. The van der Waals surface area contributed by atoms with Crippen LogP contribution in [0.25, 0.3) is 0 Å². The highest BCUT2D eigenvalue weighted by Crippen LogP contribution is 2.23. The van der Waals surface area contributed by atoms with Gasteiger partial charge in [0.05, 0.1) is 13.0 Å². The number of hydrogen-bond acceptors (Lipinski definition) is 7. The Kier molecular flexibility index (Phi) is 10.5. The number of phenols is 1. The smallest absolute Gasteiger partial charge is 0.408 e. The summed E-state index contributed by atoms with van der Waals surface area (Å²) in [6.45, 7) is 8.58. The number of amides is 3. The SMILES string of the molecule is CCOC(=O)CCNC(=O)C(c1ccc(O)cc1)N(CC)C(=O)CNC(=O)OC(C)(C)C. The molecule has 0 aliphatic heterocycles. The Morgan fingerprint density at radius 2 is 1.69 bits per heavy atom. The second kappa shape index (κ2) is 12.5. The molecule has 178 valence electrons. The average molecular weight is 452 g/mol. The van der Waals surface area contributed by atoms with E-state index < -0.39 is 35.5 Å². The molecule has 0 radical (unpaired) electrons. The summed E-state index contributed by atoms with van der Waals surface area (Å²) in [6, 6.07) is 4.84. The summed E-state index contributed by atoms with van der Waals surface area (Å²) in [5, 5.41) is 14.6. The molecular weight excluding hydrogens is 418 g/mol. The van der Waals surface area contributed by atoms with E-state index in [1.54, 1.807) is 34.6 Å². The van der Waals surface area contributed by atoms with Crippen LogP contribution in [0.5, 0.6) is 5.75 Å². The van der Waals surface area contributed by atoms with Crippen LogP contribution in [0, 0.1) is 0 Å². The van der Waals surface area contributed by atoms with Crippen molar-refractivity contribution in [3.63, 3.8) is 0 Å². The first-order chi connectivity index (χ1) is 15.0. The Morgan fingerprint density at radius 1 is 1.06 bits per heavy atom. The highest BCUT2D eigenvalue weighted by Gasteiger charge is 2.30. The molecule has 3 N–H and O–H groups in total. The quantitative estimate of drug-likeness (QED) is 0.462. The maximum atomic E-state index is 13.0. The maximum absolute atomic E-state index is 13.0. The van der Waals surface area contributed by atoms with Crippen molar-refractivity contribution in [1.29, 1.82) is 0 Å². The summed E-state index contributed by atoms with van der Waals surface area (Å²) in [4.78, 5) is 50.5. The number of likely N-dealkylation sites (N-methyl/N-ethyl adjacent to an activating group) is 1. The van der Waals surface area contributed by atoms with Crippen LogP contribution in [0.4, 0.5) is 4.79 Å². The summed E-state index contributed by atoms with van der Waals surface area (Å²) in [5.41, 5.74) is -0.255. The van der Waals surface area contributed by atoms with Gasteiger partial charge in [-0.1, -0.05) is 12.1 Å². The number of aromatic hydroxyl groups is 1. The average Bonchev–Trinajstić information content (AvgIpc) is 2.70. The van der Waals surface area contributed by atoms with Gasteiger partial charge in [-0.3, -0.25) is 14.4 Å². The van der Waals surface area contributed by atoms with Gasteiger partial charge in [-0.2, -0.15) is 0 Å². The van der Waals surface area contributed by atoms with Crippen molar-refractivity contribution >= 4 is 23.9 Å². The Hall–Kier alpha value is -3.30. The predicted molar refractivity (Wildman–Crippen MR) is 117 cm³/mol. The van der Waals surface area contributed by atoms with Crippen LogP contribution in [0.2, 0.25) is 0 Å². The molecule has 32 heavy (non-hydrogen) atoms. The van der Waals surface area contributed by atoms with E-state index in [1.165, 1.54) is 29.2 Å². The lowest BCUT2D eigenvalue weighted by molar-refractivity contribution is -0.143. The van der Waals surface area contributed by atoms with Crippen LogP contribution in [0.15, 0.2) is 24.3 Å². The van der Waals surface area contributed by atoms with E-state index >= 15 is 0 Å². The summed E-state index contributed by atoms with van der Waals surface area (Å²) in [6.07, 6.45) is -0.760. The number of carbonyl (C=O) groups excluding carboxylic acids is 4.